The molecule has 2 aromatic heterocycles. The van der Waals surface area contributed by atoms with Crippen LogP contribution < -0.4 is 5.73 Å². The SMILES string of the molecule is C[C@@](N)(c1cc(Br)cs1)C(F)(F)c1ncncc1C#N. The summed E-state index contributed by atoms with van der Waals surface area (Å²) in [5.74, 6) is -3.51. The predicted octanol–water partition coefficient (Wildman–Crippen LogP) is 3.14. The van der Waals surface area contributed by atoms with Crippen LogP contribution in [0, 0.1) is 11.3 Å². The molecule has 0 aliphatic carbocycles. The third-order valence-electron chi connectivity index (χ3n) is 2.86. The highest BCUT2D eigenvalue weighted by Crippen LogP contribution is 2.45. The second-order valence-electron chi connectivity index (χ2n) is 4.30. The fraction of sp³-hybridized carbons (Fsp3) is 0.250. The molecule has 2 heterocycles. The fourth-order valence-corrected chi connectivity index (χ4v) is 3.18. The summed E-state index contributed by atoms with van der Waals surface area (Å²) < 4.78 is 30.1. The van der Waals surface area contributed by atoms with E-state index in [0.29, 0.717) is 4.47 Å². The highest BCUT2D eigenvalue weighted by Gasteiger charge is 2.53. The minimum atomic E-state index is -3.51. The van der Waals surface area contributed by atoms with Crippen molar-refractivity contribution in [3.05, 3.63) is 44.6 Å². The lowest BCUT2D eigenvalue weighted by Gasteiger charge is -2.32. The number of hydrogen-bond donors (Lipinski definition) is 1. The fourth-order valence-electron chi connectivity index (χ4n) is 1.65. The summed E-state index contributed by atoms with van der Waals surface area (Å²) >= 11 is 4.32. The molecule has 0 unspecified atom stereocenters. The van der Waals surface area contributed by atoms with Crippen molar-refractivity contribution in [1.29, 1.82) is 5.26 Å². The first-order valence-corrected chi connectivity index (χ1v) is 7.09. The Hall–Kier alpha value is -1.43. The molecule has 0 aliphatic heterocycles. The molecule has 0 radical (unpaired) electrons. The Morgan fingerprint density at radius 1 is 1.50 bits per heavy atom. The quantitative estimate of drug-likeness (QED) is 0.914. The largest absolute Gasteiger partial charge is 0.316 e. The van der Waals surface area contributed by atoms with Gasteiger partial charge in [-0.2, -0.15) is 14.0 Å². The number of nitriles is 1. The summed E-state index contributed by atoms with van der Waals surface area (Å²) in [6.45, 7) is 1.22. The van der Waals surface area contributed by atoms with Crippen molar-refractivity contribution in [2.45, 2.75) is 18.4 Å². The zero-order valence-corrected chi connectivity index (χ0v) is 12.7. The number of rotatable bonds is 3. The summed E-state index contributed by atoms with van der Waals surface area (Å²) in [7, 11) is 0. The summed E-state index contributed by atoms with van der Waals surface area (Å²) in [4.78, 5) is 7.41. The van der Waals surface area contributed by atoms with Gasteiger partial charge in [0.25, 0.3) is 0 Å². The molecule has 2 N–H and O–H groups in total. The Morgan fingerprint density at radius 2 is 2.20 bits per heavy atom. The van der Waals surface area contributed by atoms with Gasteiger partial charge in [-0.25, -0.2) is 9.97 Å². The van der Waals surface area contributed by atoms with Gasteiger partial charge >= 0.3 is 5.92 Å². The lowest BCUT2D eigenvalue weighted by Crippen LogP contribution is -2.48. The standard InChI is InChI=1S/C12H9BrF2N4S/c1-11(17,9-2-8(13)5-20-9)12(14,15)10-7(3-16)4-18-6-19-10/h2,4-6H,17H2,1H3/t11-/m1/s1. The molecule has 2 aromatic rings. The topological polar surface area (TPSA) is 75.6 Å². The molecular formula is C12H9BrF2N4S. The van der Waals surface area contributed by atoms with Crippen molar-refractivity contribution in [2.24, 2.45) is 5.73 Å². The van der Waals surface area contributed by atoms with Gasteiger partial charge in [0, 0.05) is 20.9 Å². The average molecular weight is 359 g/mol. The Balaban J connectivity index is 2.57. The summed E-state index contributed by atoms with van der Waals surface area (Å²) in [6, 6.07) is 3.20. The molecule has 0 amide bonds. The van der Waals surface area contributed by atoms with Gasteiger partial charge in [-0.15, -0.1) is 11.3 Å². The third-order valence-corrected chi connectivity index (χ3v) is 4.79. The Morgan fingerprint density at radius 3 is 2.75 bits per heavy atom. The highest BCUT2D eigenvalue weighted by atomic mass is 79.9. The zero-order valence-electron chi connectivity index (χ0n) is 10.3. The van der Waals surface area contributed by atoms with E-state index in [2.05, 4.69) is 25.9 Å². The van der Waals surface area contributed by atoms with Crippen LogP contribution in [0.4, 0.5) is 8.78 Å². The molecule has 4 nitrogen and oxygen atoms in total. The molecule has 1 atom stereocenters. The van der Waals surface area contributed by atoms with Gasteiger partial charge < -0.3 is 5.73 Å². The van der Waals surface area contributed by atoms with Crippen LogP contribution >= 0.6 is 27.3 Å². The van der Waals surface area contributed by atoms with Crippen molar-refractivity contribution in [3.8, 4) is 6.07 Å². The maximum absolute atomic E-state index is 14.7. The van der Waals surface area contributed by atoms with E-state index in [1.165, 1.54) is 13.0 Å². The van der Waals surface area contributed by atoms with Gasteiger partial charge in [0.05, 0.1) is 5.56 Å². The molecule has 20 heavy (non-hydrogen) atoms. The molecule has 104 valence electrons. The Kier molecular flexibility index (Phi) is 3.86. The second kappa shape index (κ2) is 5.16. The van der Waals surface area contributed by atoms with Crippen LogP contribution in [0.15, 0.2) is 28.4 Å². The van der Waals surface area contributed by atoms with E-state index in [1.54, 1.807) is 11.4 Å². The van der Waals surface area contributed by atoms with Crippen LogP contribution in [-0.2, 0) is 11.5 Å². The maximum atomic E-state index is 14.7. The summed E-state index contributed by atoms with van der Waals surface area (Å²) in [6.07, 6.45) is 2.03. The van der Waals surface area contributed by atoms with Crippen LogP contribution in [0.25, 0.3) is 0 Å². The highest BCUT2D eigenvalue weighted by molar-refractivity contribution is 9.10. The van der Waals surface area contributed by atoms with Crippen LogP contribution in [0.1, 0.15) is 23.1 Å². The van der Waals surface area contributed by atoms with E-state index in [9.17, 15) is 8.78 Å². The van der Waals surface area contributed by atoms with Gasteiger partial charge in [-0.3, -0.25) is 0 Å². The number of aromatic nitrogens is 2. The molecule has 0 spiro atoms. The van der Waals surface area contributed by atoms with Gasteiger partial charge in [0.2, 0.25) is 0 Å². The first kappa shape index (κ1) is 15.0. The minimum absolute atomic E-state index is 0.287. The smallest absolute Gasteiger partial charge is 0.313 e. The molecule has 0 saturated heterocycles. The van der Waals surface area contributed by atoms with Crippen LogP contribution in [0.3, 0.4) is 0 Å². The summed E-state index contributed by atoms with van der Waals surface area (Å²) in [5.41, 5.74) is 2.92. The zero-order chi connectivity index (χ0) is 15.0. The lowest BCUT2D eigenvalue weighted by atomic mass is 9.89. The van der Waals surface area contributed by atoms with Crippen molar-refractivity contribution in [2.75, 3.05) is 0 Å². The van der Waals surface area contributed by atoms with Crippen LogP contribution in [0.2, 0.25) is 0 Å². The van der Waals surface area contributed by atoms with Crippen molar-refractivity contribution < 1.29 is 8.78 Å². The molecule has 0 aromatic carbocycles. The molecule has 0 fully saturated rings. The number of thiophene rings is 1. The lowest BCUT2D eigenvalue weighted by molar-refractivity contribution is -0.0807. The van der Waals surface area contributed by atoms with Gasteiger partial charge in [0.15, 0.2) is 0 Å². The molecule has 0 aliphatic rings. The number of alkyl halides is 2. The van der Waals surface area contributed by atoms with E-state index >= 15 is 0 Å². The average Bonchev–Trinajstić information content (AvgIpc) is 2.85. The van der Waals surface area contributed by atoms with Crippen molar-refractivity contribution >= 4 is 27.3 Å². The van der Waals surface area contributed by atoms with Gasteiger partial charge in [0.1, 0.15) is 23.6 Å². The number of hydrogen-bond acceptors (Lipinski definition) is 5. The first-order valence-electron chi connectivity index (χ1n) is 5.42. The van der Waals surface area contributed by atoms with E-state index in [4.69, 9.17) is 11.0 Å². The van der Waals surface area contributed by atoms with Crippen LogP contribution in [0.5, 0.6) is 0 Å². The summed E-state index contributed by atoms with van der Waals surface area (Å²) in [5, 5.41) is 10.6. The number of nitrogens with zero attached hydrogens (tertiary/aromatic N) is 3. The monoisotopic (exact) mass is 358 g/mol. The van der Waals surface area contributed by atoms with E-state index in [-0.39, 0.29) is 10.4 Å². The maximum Gasteiger partial charge on any atom is 0.313 e. The van der Waals surface area contributed by atoms with Crippen molar-refractivity contribution in [1.82, 2.24) is 9.97 Å². The predicted molar refractivity (Wildman–Crippen MR) is 74.2 cm³/mol. The molecule has 2 rings (SSSR count). The van der Waals surface area contributed by atoms with E-state index in [0.717, 1.165) is 23.9 Å². The molecule has 0 saturated carbocycles. The van der Waals surface area contributed by atoms with Gasteiger partial charge in [-0.05, 0) is 28.9 Å². The van der Waals surface area contributed by atoms with Gasteiger partial charge in [-0.1, -0.05) is 0 Å². The molecule has 0 bridgehead atoms. The van der Waals surface area contributed by atoms with E-state index < -0.39 is 17.2 Å². The number of halogens is 3. The Bertz CT molecular complexity index is 678. The second-order valence-corrected chi connectivity index (χ2v) is 6.13. The Labute approximate surface area is 126 Å². The third kappa shape index (κ3) is 2.32. The normalized spacial score (nSPS) is 14.6. The first-order chi connectivity index (χ1) is 9.30. The van der Waals surface area contributed by atoms with Crippen molar-refractivity contribution in [3.63, 3.8) is 0 Å². The molecule has 8 heteroatoms. The number of nitrogens with two attached hydrogens (primary N) is 1. The molecular weight excluding hydrogens is 350 g/mol. The minimum Gasteiger partial charge on any atom is -0.316 e. The van der Waals surface area contributed by atoms with Crippen LogP contribution in [-0.4, -0.2) is 9.97 Å². The van der Waals surface area contributed by atoms with E-state index in [1.807, 2.05) is 0 Å².